The number of hydrogen-bond acceptors (Lipinski definition) is 5. The summed E-state index contributed by atoms with van der Waals surface area (Å²) < 4.78 is 37.8. The molecular weight excluding hydrogens is 246 g/mol. The first kappa shape index (κ1) is 13.6. The molecule has 0 aliphatic carbocycles. The smallest absolute Gasteiger partial charge is 0.397 e. The Morgan fingerprint density at radius 1 is 1.35 bits per heavy atom. The van der Waals surface area contributed by atoms with Gasteiger partial charge in [0.15, 0.2) is 0 Å². The molecule has 6 nitrogen and oxygen atoms in total. The third-order valence-corrected chi connectivity index (χ3v) is 2.27. The van der Waals surface area contributed by atoms with Crippen LogP contribution in [0.15, 0.2) is 29.3 Å². The monoisotopic (exact) mass is 259 g/mol. The number of rotatable bonds is 6. The lowest BCUT2D eigenvalue weighted by molar-refractivity contribution is 0.276. The Bertz CT molecular complexity index is 466. The highest BCUT2D eigenvalue weighted by atomic mass is 32.3. The maximum atomic E-state index is 10.2. The minimum absolute atomic E-state index is 0.145. The normalized spacial score (nSPS) is 11.9. The molecule has 0 amide bonds. The SMILES string of the molecule is COc1ccc(C=NCCOS(=O)(=O)O)cc1. The van der Waals surface area contributed by atoms with Crippen molar-refractivity contribution in [1.82, 2.24) is 0 Å². The lowest BCUT2D eigenvalue weighted by Crippen LogP contribution is -2.06. The zero-order valence-corrected chi connectivity index (χ0v) is 10.1. The highest BCUT2D eigenvalue weighted by molar-refractivity contribution is 7.80. The average Bonchev–Trinajstić information content (AvgIpc) is 2.28. The van der Waals surface area contributed by atoms with Gasteiger partial charge in [-0.25, -0.2) is 4.18 Å². The molecule has 0 heterocycles. The van der Waals surface area contributed by atoms with Crippen LogP contribution >= 0.6 is 0 Å². The van der Waals surface area contributed by atoms with Gasteiger partial charge in [0.05, 0.1) is 20.3 Å². The quantitative estimate of drug-likeness (QED) is 0.466. The Balaban J connectivity index is 2.38. The molecule has 0 aromatic heterocycles. The maximum absolute atomic E-state index is 10.2. The van der Waals surface area contributed by atoms with Gasteiger partial charge in [0, 0.05) is 6.21 Å². The topological polar surface area (TPSA) is 85.2 Å². The van der Waals surface area contributed by atoms with Crippen LogP contribution in [0.1, 0.15) is 5.56 Å². The van der Waals surface area contributed by atoms with E-state index in [1.807, 2.05) is 12.1 Å². The van der Waals surface area contributed by atoms with Gasteiger partial charge in [0.2, 0.25) is 0 Å². The van der Waals surface area contributed by atoms with Crippen molar-refractivity contribution in [2.75, 3.05) is 20.3 Å². The largest absolute Gasteiger partial charge is 0.497 e. The number of hydrogen-bond donors (Lipinski definition) is 1. The number of nitrogens with zero attached hydrogens (tertiary/aromatic N) is 1. The Morgan fingerprint density at radius 3 is 2.53 bits per heavy atom. The van der Waals surface area contributed by atoms with Crippen LogP contribution in [0.4, 0.5) is 0 Å². The van der Waals surface area contributed by atoms with E-state index >= 15 is 0 Å². The molecule has 0 unspecified atom stereocenters. The summed E-state index contributed by atoms with van der Waals surface area (Å²) in [5, 5.41) is 0. The predicted octanol–water partition coefficient (Wildman–Crippen LogP) is 0.934. The van der Waals surface area contributed by atoms with Gasteiger partial charge in [-0.15, -0.1) is 0 Å². The van der Waals surface area contributed by atoms with Crippen molar-refractivity contribution in [2.24, 2.45) is 4.99 Å². The van der Waals surface area contributed by atoms with Crippen LogP contribution in [-0.2, 0) is 14.6 Å². The number of aliphatic imine (C=N–C) groups is 1. The van der Waals surface area contributed by atoms with Gasteiger partial charge in [-0.2, -0.15) is 8.42 Å². The van der Waals surface area contributed by atoms with Crippen molar-refractivity contribution >= 4 is 16.6 Å². The van der Waals surface area contributed by atoms with Crippen LogP contribution in [0.2, 0.25) is 0 Å². The molecule has 0 radical (unpaired) electrons. The number of methoxy groups -OCH3 is 1. The summed E-state index contributed by atoms with van der Waals surface area (Å²) in [5.74, 6) is 0.747. The van der Waals surface area contributed by atoms with Gasteiger partial charge in [-0.1, -0.05) is 0 Å². The van der Waals surface area contributed by atoms with E-state index in [0.717, 1.165) is 11.3 Å². The Kier molecular flexibility index (Phi) is 5.08. The highest BCUT2D eigenvalue weighted by Gasteiger charge is 2.01. The van der Waals surface area contributed by atoms with Gasteiger partial charge in [0.1, 0.15) is 5.75 Å². The van der Waals surface area contributed by atoms with E-state index in [2.05, 4.69) is 9.18 Å². The molecule has 0 spiro atoms. The molecule has 1 rings (SSSR count). The molecule has 94 valence electrons. The third kappa shape index (κ3) is 6.00. The van der Waals surface area contributed by atoms with Gasteiger partial charge in [-0.3, -0.25) is 9.55 Å². The fourth-order valence-electron chi connectivity index (χ4n) is 1.06. The standard InChI is InChI=1S/C10H13NO5S/c1-15-10-4-2-9(3-5-10)8-11-6-7-16-17(12,13)14/h2-5,8H,6-7H2,1H3,(H,12,13,14). The molecule has 0 fully saturated rings. The predicted molar refractivity (Wildman–Crippen MR) is 63.0 cm³/mol. The van der Waals surface area contributed by atoms with Crippen LogP contribution in [0, 0.1) is 0 Å². The van der Waals surface area contributed by atoms with Crippen LogP contribution in [0.3, 0.4) is 0 Å². The van der Waals surface area contributed by atoms with Gasteiger partial charge in [0.25, 0.3) is 0 Å². The summed E-state index contributed by atoms with van der Waals surface area (Å²) >= 11 is 0. The van der Waals surface area contributed by atoms with E-state index in [1.54, 1.807) is 25.5 Å². The minimum Gasteiger partial charge on any atom is -0.497 e. The molecule has 1 N–H and O–H groups in total. The fourth-order valence-corrected chi connectivity index (χ4v) is 1.34. The van der Waals surface area contributed by atoms with Crippen LogP contribution in [0.5, 0.6) is 5.75 Å². The summed E-state index contributed by atoms with van der Waals surface area (Å²) in [6.45, 7) is -0.0443. The molecular formula is C10H13NO5S. The fraction of sp³-hybridized carbons (Fsp3) is 0.300. The van der Waals surface area contributed by atoms with Crippen molar-refractivity contribution in [3.63, 3.8) is 0 Å². The lowest BCUT2D eigenvalue weighted by Gasteiger charge is -1.99. The van der Waals surface area contributed by atoms with E-state index in [0.29, 0.717) is 0 Å². The van der Waals surface area contributed by atoms with E-state index in [1.165, 1.54) is 0 Å². The van der Waals surface area contributed by atoms with E-state index in [9.17, 15) is 8.42 Å². The number of ether oxygens (including phenoxy) is 1. The minimum atomic E-state index is -4.37. The summed E-state index contributed by atoms with van der Waals surface area (Å²) in [5.41, 5.74) is 0.859. The first-order valence-electron chi connectivity index (χ1n) is 4.77. The molecule has 7 heteroatoms. The zero-order chi connectivity index (χ0) is 12.7. The Hall–Kier alpha value is -1.44. The van der Waals surface area contributed by atoms with Crippen molar-refractivity contribution in [2.45, 2.75) is 0 Å². The second kappa shape index (κ2) is 6.33. The summed E-state index contributed by atoms with van der Waals surface area (Å²) in [6.07, 6.45) is 1.58. The number of benzene rings is 1. The first-order chi connectivity index (χ1) is 8.01. The highest BCUT2D eigenvalue weighted by Crippen LogP contribution is 2.09. The molecule has 0 saturated heterocycles. The Labute approximate surface area is 99.9 Å². The summed E-state index contributed by atoms with van der Waals surface area (Å²) in [6, 6.07) is 7.20. The van der Waals surface area contributed by atoms with Crippen LogP contribution in [-0.4, -0.2) is 39.4 Å². The van der Waals surface area contributed by atoms with E-state index in [-0.39, 0.29) is 13.2 Å². The molecule has 0 aliphatic rings. The summed E-state index contributed by atoms with van der Waals surface area (Å²) in [7, 11) is -2.79. The van der Waals surface area contributed by atoms with Crippen LogP contribution < -0.4 is 4.74 Å². The van der Waals surface area contributed by atoms with Gasteiger partial charge < -0.3 is 4.74 Å². The Morgan fingerprint density at radius 2 is 2.00 bits per heavy atom. The third-order valence-electron chi connectivity index (χ3n) is 1.81. The second-order valence-corrected chi connectivity index (χ2v) is 4.15. The van der Waals surface area contributed by atoms with E-state index in [4.69, 9.17) is 9.29 Å². The van der Waals surface area contributed by atoms with Crippen LogP contribution in [0.25, 0.3) is 0 Å². The van der Waals surface area contributed by atoms with Crippen molar-refractivity contribution in [3.05, 3.63) is 29.8 Å². The second-order valence-electron chi connectivity index (χ2n) is 3.06. The molecule has 0 bridgehead atoms. The van der Waals surface area contributed by atoms with Crippen molar-refractivity contribution in [1.29, 1.82) is 0 Å². The average molecular weight is 259 g/mol. The zero-order valence-electron chi connectivity index (χ0n) is 9.24. The van der Waals surface area contributed by atoms with Crippen molar-refractivity contribution < 1.29 is 21.9 Å². The van der Waals surface area contributed by atoms with Crippen molar-refractivity contribution in [3.8, 4) is 5.75 Å². The van der Waals surface area contributed by atoms with Gasteiger partial charge in [-0.05, 0) is 29.8 Å². The van der Waals surface area contributed by atoms with E-state index < -0.39 is 10.4 Å². The molecule has 1 aromatic carbocycles. The molecule has 17 heavy (non-hydrogen) atoms. The molecule has 1 aromatic rings. The summed E-state index contributed by atoms with van der Waals surface area (Å²) in [4.78, 5) is 3.93. The van der Waals surface area contributed by atoms with Gasteiger partial charge >= 0.3 is 10.4 Å². The molecule has 0 aliphatic heterocycles. The first-order valence-corrected chi connectivity index (χ1v) is 6.13. The maximum Gasteiger partial charge on any atom is 0.397 e. The molecule has 0 saturated carbocycles. The molecule has 0 atom stereocenters. The lowest BCUT2D eigenvalue weighted by atomic mass is 10.2.